The van der Waals surface area contributed by atoms with Crippen LogP contribution in [0.25, 0.3) is 0 Å². The molecule has 5 heteroatoms. The van der Waals surface area contributed by atoms with Gasteiger partial charge in [0.25, 0.3) is 0 Å². The van der Waals surface area contributed by atoms with Gasteiger partial charge in [0.1, 0.15) is 5.60 Å². The number of nitrogens with zero attached hydrogens (tertiary/aromatic N) is 1. The van der Waals surface area contributed by atoms with E-state index in [0.29, 0.717) is 18.1 Å². The Bertz CT molecular complexity index is 322. The van der Waals surface area contributed by atoms with Crippen LogP contribution in [0.1, 0.15) is 47.0 Å². The molecular weight excluding hydrogens is 246 g/mol. The lowest BCUT2D eigenvalue weighted by atomic mass is 10.2. The number of ether oxygens (including phenoxy) is 2. The van der Waals surface area contributed by atoms with Crippen LogP contribution in [0.15, 0.2) is 12.2 Å². The number of carbonyl (C=O) groups excluding carboxylic acids is 1. The van der Waals surface area contributed by atoms with Crippen molar-refractivity contribution in [3.8, 4) is 0 Å². The molecule has 0 spiro atoms. The fourth-order valence-electron chi connectivity index (χ4n) is 1.83. The molecule has 0 bridgehead atoms. The Morgan fingerprint density at radius 2 is 2.16 bits per heavy atom. The number of amides is 1. The van der Waals surface area contributed by atoms with Gasteiger partial charge in [0.2, 0.25) is 0 Å². The second kappa shape index (κ2) is 6.91. The average Bonchev–Trinajstić information content (AvgIpc) is 2.74. The third-order valence-corrected chi connectivity index (χ3v) is 2.79. The molecule has 0 saturated carbocycles. The number of hydroxylamine groups is 2. The summed E-state index contributed by atoms with van der Waals surface area (Å²) >= 11 is 0. The number of hydrogen-bond acceptors (Lipinski definition) is 4. The number of hydrogen-bond donors (Lipinski definition) is 1. The van der Waals surface area contributed by atoms with E-state index in [-0.39, 0.29) is 6.10 Å². The molecule has 0 aromatic heterocycles. The largest absolute Gasteiger partial charge is 0.442 e. The van der Waals surface area contributed by atoms with Crippen molar-refractivity contribution in [3.63, 3.8) is 0 Å². The van der Waals surface area contributed by atoms with Crippen molar-refractivity contribution in [2.24, 2.45) is 0 Å². The fraction of sp³-hybridized carbons (Fsp3) is 0.786. The number of unbranched alkanes of at least 4 members (excludes halogenated alkanes) is 1. The molecule has 19 heavy (non-hydrogen) atoms. The van der Waals surface area contributed by atoms with E-state index in [1.54, 1.807) is 20.8 Å². The van der Waals surface area contributed by atoms with Crippen LogP contribution in [-0.4, -0.2) is 40.7 Å². The van der Waals surface area contributed by atoms with Gasteiger partial charge in [0.05, 0.1) is 12.1 Å². The predicted molar refractivity (Wildman–Crippen MR) is 72.1 cm³/mol. The Balaban J connectivity index is 2.51. The summed E-state index contributed by atoms with van der Waals surface area (Å²) in [6.07, 6.45) is 5.40. The van der Waals surface area contributed by atoms with E-state index in [4.69, 9.17) is 9.47 Å². The second-order valence-corrected chi connectivity index (χ2v) is 5.75. The van der Waals surface area contributed by atoms with E-state index in [1.165, 1.54) is 0 Å². The Labute approximate surface area is 115 Å². The van der Waals surface area contributed by atoms with Crippen molar-refractivity contribution in [1.29, 1.82) is 0 Å². The molecule has 2 atom stereocenters. The molecule has 5 nitrogen and oxygen atoms in total. The normalized spacial score (nSPS) is 22.6. The van der Waals surface area contributed by atoms with Crippen LogP contribution in [-0.2, 0) is 9.47 Å². The van der Waals surface area contributed by atoms with Crippen molar-refractivity contribution in [2.45, 2.75) is 64.7 Å². The first-order valence-corrected chi connectivity index (χ1v) is 6.84. The van der Waals surface area contributed by atoms with E-state index < -0.39 is 17.7 Å². The van der Waals surface area contributed by atoms with Crippen molar-refractivity contribution in [1.82, 2.24) is 5.06 Å². The lowest BCUT2D eigenvalue weighted by Gasteiger charge is -2.29. The molecule has 1 amide bonds. The van der Waals surface area contributed by atoms with Crippen LogP contribution in [0.3, 0.4) is 0 Å². The van der Waals surface area contributed by atoms with Crippen LogP contribution < -0.4 is 0 Å². The van der Waals surface area contributed by atoms with E-state index >= 15 is 0 Å². The minimum atomic E-state index is -0.731. The Morgan fingerprint density at radius 3 is 2.74 bits per heavy atom. The summed E-state index contributed by atoms with van der Waals surface area (Å²) < 4.78 is 10.8. The van der Waals surface area contributed by atoms with E-state index in [1.807, 2.05) is 12.2 Å². The minimum Gasteiger partial charge on any atom is -0.442 e. The zero-order valence-corrected chi connectivity index (χ0v) is 12.3. The van der Waals surface area contributed by atoms with Gasteiger partial charge in [0, 0.05) is 6.61 Å². The Morgan fingerprint density at radius 1 is 1.47 bits per heavy atom. The summed E-state index contributed by atoms with van der Waals surface area (Å²) in [7, 11) is 0. The summed E-state index contributed by atoms with van der Waals surface area (Å²) in [4.78, 5) is 11.8. The van der Waals surface area contributed by atoms with E-state index in [0.717, 1.165) is 12.8 Å². The maximum absolute atomic E-state index is 11.8. The fourth-order valence-corrected chi connectivity index (χ4v) is 1.83. The molecule has 1 aliphatic carbocycles. The van der Waals surface area contributed by atoms with Crippen molar-refractivity contribution < 1.29 is 19.5 Å². The van der Waals surface area contributed by atoms with Gasteiger partial charge in [-0.2, -0.15) is 5.06 Å². The van der Waals surface area contributed by atoms with Crippen molar-refractivity contribution in [2.75, 3.05) is 6.61 Å². The first-order valence-electron chi connectivity index (χ1n) is 6.84. The zero-order valence-electron chi connectivity index (χ0n) is 12.3. The van der Waals surface area contributed by atoms with E-state index in [2.05, 4.69) is 6.92 Å². The highest BCUT2D eigenvalue weighted by molar-refractivity contribution is 5.67. The molecule has 0 aromatic carbocycles. The maximum Gasteiger partial charge on any atom is 0.434 e. The van der Waals surface area contributed by atoms with Gasteiger partial charge in [-0.05, 0) is 33.6 Å². The van der Waals surface area contributed by atoms with E-state index in [9.17, 15) is 10.0 Å². The Hall–Kier alpha value is -1.07. The maximum atomic E-state index is 11.8. The summed E-state index contributed by atoms with van der Waals surface area (Å²) in [6.45, 7) is 8.01. The molecule has 0 radical (unpaired) electrons. The molecule has 1 N–H and O–H groups in total. The smallest absolute Gasteiger partial charge is 0.434 e. The van der Waals surface area contributed by atoms with Crippen LogP contribution in [0.5, 0.6) is 0 Å². The number of rotatable bonds is 5. The minimum absolute atomic E-state index is 0.260. The number of carbonyl (C=O) groups is 1. The topological polar surface area (TPSA) is 59.0 Å². The van der Waals surface area contributed by atoms with Gasteiger partial charge in [-0.3, -0.25) is 5.21 Å². The van der Waals surface area contributed by atoms with Crippen LogP contribution in [0.4, 0.5) is 4.79 Å². The van der Waals surface area contributed by atoms with Crippen LogP contribution in [0.2, 0.25) is 0 Å². The first kappa shape index (κ1) is 16.0. The molecule has 0 heterocycles. The molecule has 0 unspecified atom stereocenters. The molecule has 110 valence electrons. The van der Waals surface area contributed by atoms with Gasteiger partial charge in [0.15, 0.2) is 0 Å². The SMILES string of the molecule is CCCCO[C@H]1C=CC[C@@H]1N(O)C(=O)OC(C)(C)C. The zero-order chi connectivity index (χ0) is 14.5. The third kappa shape index (κ3) is 5.20. The molecule has 1 aliphatic rings. The molecule has 0 aromatic rings. The summed E-state index contributed by atoms with van der Waals surface area (Å²) in [5.41, 5.74) is -0.622. The van der Waals surface area contributed by atoms with Gasteiger partial charge in [-0.25, -0.2) is 4.79 Å². The highest BCUT2D eigenvalue weighted by Crippen LogP contribution is 2.21. The third-order valence-electron chi connectivity index (χ3n) is 2.79. The lowest BCUT2D eigenvalue weighted by molar-refractivity contribution is -0.141. The van der Waals surface area contributed by atoms with Crippen LogP contribution >= 0.6 is 0 Å². The van der Waals surface area contributed by atoms with Crippen LogP contribution in [0, 0.1) is 0 Å². The molecule has 1 rings (SSSR count). The monoisotopic (exact) mass is 271 g/mol. The predicted octanol–water partition coefficient (Wildman–Crippen LogP) is 3.13. The van der Waals surface area contributed by atoms with Crippen molar-refractivity contribution in [3.05, 3.63) is 12.2 Å². The lowest BCUT2D eigenvalue weighted by Crippen LogP contribution is -2.45. The van der Waals surface area contributed by atoms with Gasteiger partial charge < -0.3 is 9.47 Å². The highest BCUT2D eigenvalue weighted by atomic mass is 16.6. The average molecular weight is 271 g/mol. The second-order valence-electron chi connectivity index (χ2n) is 5.75. The summed E-state index contributed by atoms with van der Waals surface area (Å²) in [6, 6.07) is -0.397. The van der Waals surface area contributed by atoms with Gasteiger partial charge >= 0.3 is 6.09 Å². The van der Waals surface area contributed by atoms with Gasteiger partial charge in [-0.1, -0.05) is 25.5 Å². The van der Waals surface area contributed by atoms with Crippen molar-refractivity contribution >= 4 is 6.09 Å². The quantitative estimate of drug-likeness (QED) is 0.361. The standard InChI is InChI=1S/C14H25NO4/c1-5-6-10-18-12-9-7-8-11(12)15(17)13(16)19-14(2,3)4/h7,9,11-12,17H,5-6,8,10H2,1-4H3/t11-,12-/m0/s1. The van der Waals surface area contributed by atoms with Gasteiger partial charge in [-0.15, -0.1) is 0 Å². The molecular formula is C14H25NO4. The molecule has 0 saturated heterocycles. The Kier molecular flexibility index (Phi) is 5.82. The summed E-state index contributed by atoms with van der Waals surface area (Å²) in [5, 5.41) is 10.6. The summed E-state index contributed by atoms with van der Waals surface area (Å²) in [5.74, 6) is 0. The molecule has 0 fully saturated rings. The molecule has 0 aliphatic heterocycles. The highest BCUT2D eigenvalue weighted by Gasteiger charge is 2.34. The first-order chi connectivity index (χ1) is 8.85.